The maximum Gasteiger partial charge on any atom is 0.0909 e. The lowest BCUT2D eigenvalue weighted by Crippen LogP contribution is -1.95. The summed E-state index contributed by atoms with van der Waals surface area (Å²) in [5.74, 6) is 0. The minimum absolute atomic E-state index is 0.601. The molecule has 2 aromatic rings. The lowest BCUT2D eigenvalue weighted by molar-refractivity contribution is 0.273. The molecule has 0 aliphatic heterocycles. The van der Waals surface area contributed by atoms with Gasteiger partial charge in [0.25, 0.3) is 0 Å². The molecule has 0 heterocycles. The predicted octanol–water partition coefficient (Wildman–Crippen LogP) is 4.43. The highest BCUT2D eigenvalue weighted by Crippen LogP contribution is 2.11. The number of hydrogen-bond donors (Lipinski definition) is 1. The average Bonchev–Trinajstić information content (AvgIpc) is 2.45. The van der Waals surface area contributed by atoms with E-state index >= 15 is 0 Å². The topological polar surface area (TPSA) is 20.2 Å². The summed E-state index contributed by atoms with van der Waals surface area (Å²) in [6, 6.07) is 17.4. The third-order valence-electron chi connectivity index (χ3n) is 2.64. The van der Waals surface area contributed by atoms with Gasteiger partial charge in [-0.25, -0.2) is 0 Å². The van der Waals surface area contributed by atoms with Gasteiger partial charge < -0.3 is 5.11 Å². The average molecular weight is 271 g/mol. The van der Waals surface area contributed by atoms with Crippen LogP contribution in [0.25, 0.3) is 12.2 Å². The highest BCUT2D eigenvalue weighted by Gasteiger charge is 1.93. The molecule has 0 amide bonds. The molecule has 0 aliphatic carbocycles. The molecule has 1 N–H and O–H groups in total. The molecule has 96 valence electrons. The van der Waals surface area contributed by atoms with Crippen LogP contribution in [0.4, 0.5) is 0 Å². The quantitative estimate of drug-likeness (QED) is 0.871. The summed E-state index contributed by atoms with van der Waals surface area (Å²) in [5.41, 5.74) is 2.08. The predicted molar refractivity (Wildman–Crippen MR) is 82.0 cm³/mol. The number of hydrogen-bond acceptors (Lipinski definition) is 1. The molecule has 1 unspecified atom stereocenters. The second kappa shape index (κ2) is 6.93. The first kappa shape index (κ1) is 13.6. The maximum atomic E-state index is 9.83. The van der Waals surface area contributed by atoms with E-state index in [-0.39, 0.29) is 0 Å². The first-order chi connectivity index (χ1) is 9.24. The Labute approximate surface area is 118 Å². The molecule has 2 rings (SSSR count). The lowest BCUT2D eigenvalue weighted by atomic mass is 10.1. The van der Waals surface area contributed by atoms with Crippen molar-refractivity contribution in [1.82, 2.24) is 0 Å². The van der Waals surface area contributed by atoms with Gasteiger partial charge in [0.2, 0.25) is 0 Å². The van der Waals surface area contributed by atoms with Gasteiger partial charge in [-0.15, -0.1) is 0 Å². The number of aliphatic hydroxyl groups excluding tert-OH is 1. The van der Waals surface area contributed by atoms with Crippen molar-refractivity contribution in [2.24, 2.45) is 0 Å². The minimum atomic E-state index is -0.601. The Balaban J connectivity index is 1.95. The summed E-state index contributed by atoms with van der Waals surface area (Å²) in [6.45, 7) is 0. The van der Waals surface area contributed by atoms with Gasteiger partial charge >= 0.3 is 0 Å². The van der Waals surface area contributed by atoms with Gasteiger partial charge in [-0.1, -0.05) is 78.4 Å². The molecule has 19 heavy (non-hydrogen) atoms. The van der Waals surface area contributed by atoms with E-state index < -0.39 is 6.10 Å². The molecule has 0 saturated heterocycles. The monoisotopic (exact) mass is 270 g/mol. The third-order valence-corrected chi connectivity index (χ3v) is 2.89. The van der Waals surface area contributed by atoms with E-state index in [1.54, 1.807) is 12.2 Å². The maximum absolute atomic E-state index is 9.83. The van der Waals surface area contributed by atoms with Gasteiger partial charge in [-0.3, -0.25) is 0 Å². The second-order valence-electron chi connectivity index (χ2n) is 4.17. The summed E-state index contributed by atoms with van der Waals surface area (Å²) in [5, 5.41) is 10.5. The minimum Gasteiger partial charge on any atom is -0.385 e. The fourth-order valence-electron chi connectivity index (χ4n) is 1.62. The van der Waals surface area contributed by atoms with E-state index in [1.165, 1.54) is 0 Å². The van der Waals surface area contributed by atoms with Gasteiger partial charge in [0, 0.05) is 5.02 Å². The molecule has 0 fully saturated rings. The lowest BCUT2D eigenvalue weighted by Gasteiger charge is -1.99. The summed E-state index contributed by atoms with van der Waals surface area (Å²) < 4.78 is 0. The van der Waals surface area contributed by atoms with Crippen molar-refractivity contribution in [3.63, 3.8) is 0 Å². The molecule has 0 bridgehead atoms. The molecule has 0 spiro atoms. The van der Waals surface area contributed by atoms with Crippen molar-refractivity contribution in [3.05, 3.63) is 82.9 Å². The van der Waals surface area contributed by atoms with Crippen LogP contribution in [-0.4, -0.2) is 11.2 Å². The molecule has 2 heteroatoms. The largest absolute Gasteiger partial charge is 0.385 e. The van der Waals surface area contributed by atoms with Crippen LogP contribution in [0.1, 0.15) is 11.1 Å². The molecule has 1 nitrogen and oxygen atoms in total. The molecule has 1 atom stereocenters. The highest BCUT2D eigenvalue weighted by molar-refractivity contribution is 6.30. The SMILES string of the molecule is OC(/C=C/c1ccccc1)/C=C/c1ccc(Cl)cc1. The van der Waals surface area contributed by atoms with E-state index in [0.717, 1.165) is 11.1 Å². The Hall–Kier alpha value is -1.83. The molecule has 0 aromatic heterocycles. The molecular weight excluding hydrogens is 256 g/mol. The standard InChI is InChI=1S/C17H15ClO/c18-16-10-6-15(7-11-16)9-13-17(19)12-8-14-4-2-1-3-5-14/h1-13,17,19H/b12-8+,13-9+. The Morgan fingerprint density at radius 3 is 1.89 bits per heavy atom. The normalized spacial score (nSPS) is 13.2. The Morgan fingerprint density at radius 2 is 1.32 bits per heavy atom. The van der Waals surface area contributed by atoms with E-state index in [4.69, 9.17) is 11.6 Å². The number of rotatable bonds is 4. The molecule has 0 radical (unpaired) electrons. The molecular formula is C17H15ClO. The Bertz CT molecular complexity index is 556. The van der Waals surface area contributed by atoms with Crippen LogP contribution in [0.3, 0.4) is 0 Å². The summed E-state index contributed by atoms with van der Waals surface area (Å²) >= 11 is 5.81. The summed E-state index contributed by atoms with van der Waals surface area (Å²) in [6.07, 6.45) is 6.66. The smallest absolute Gasteiger partial charge is 0.0909 e. The van der Waals surface area contributed by atoms with Gasteiger partial charge in [0.1, 0.15) is 0 Å². The number of aliphatic hydroxyl groups is 1. The zero-order chi connectivity index (χ0) is 13.5. The zero-order valence-electron chi connectivity index (χ0n) is 10.4. The number of benzene rings is 2. The van der Waals surface area contributed by atoms with E-state index in [9.17, 15) is 5.11 Å². The van der Waals surface area contributed by atoms with E-state index in [1.807, 2.05) is 66.7 Å². The molecule has 0 saturated carbocycles. The van der Waals surface area contributed by atoms with Crippen LogP contribution in [0.5, 0.6) is 0 Å². The zero-order valence-corrected chi connectivity index (χ0v) is 11.2. The fourth-order valence-corrected chi connectivity index (χ4v) is 1.75. The Kier molecular flexibility index (Phi) is 4.96. The van der Waals surface area contributed by atoms with Crippen LogP contribution in [0.15, 0.2) is 66.7 Å². The first-order valence-electron chi connectivity index (χ1n) is 6.09. The van der Waals surface area contributed by atoms with Crippen molar-refractivity contribution < 1.29 is 5.11 Å². The number of halogens is 1. The van der Waals surface area contributed by atoms with Gasteiger partial charge in [-0.05, 0) is 23.3 Å². The van der Waals surface area contributed by atoms with Crippen LogP contribution >= 0.6 is 11.6 Å². The fraction of sp³-hybridized carbons (Fsp3) is 0.0588. The third kappa shape index (κ3) is 4.74. The summed E-state index contributed by atoms with van der Waals surface area (Å²) in [4.78, 5) is 0. The molecule has 2 aromatic carbocycles. The second-order valence-corrected chi connectivity index (χ2v) is 4.61. The van der Waals surface area contributed by atoms with Crippen LogP contribution in [-0.2, 0) is 0 Å². The van der Waals surface area contributed by atoms with Crippen molar-refractivity contribution in [2.75, 3.05) is 0 Å². The van der Waals surface area contributed by atoms with E-state index in [2.05, 4.69) is 0 Å². The van der Waals surface area contributed by atoms with Crippen LogP contribution in [0.2, 0.25) is 5.02 Å². The first-order valence-corrected chi connectivity index (χ1v) is 6.47. The molecule has 0 aliphatic rings. The van der Waals surface area contributed by atoms with Crippen molar-refractivity contribution in [1.29, 1.82) is 0 Å². The van der Waals surface area contributed by atoms with Crippen molar-refractivity contribution >= 4 is 23.8 Å². The van der Waals surface area contributed by atoms with Crippen molar-refractivity contribution in [3.8, 4) is 0 Å². The van der Waals surface area contributed by atoms with Gasteiger partial charge in [0.15, 0.2) is 0 Å². The van der Waals surface area contributed by atoms with E-state index in [0.29, 0.717) is 5.02 Å². The Morgan fingerprint density at radius 1 is 0.789 bits per heavy atom. The van der Waals surface area contributed by atoms with Crippen LogP contribution in [0, 0.1) is 0 Å². The highest BCUT2D eigenvalue weighted by atomic mass is 35.5. The summed E-state index contributed by atoms with van der Waals surface area (Å²) in [7, 11) is 0. The van der Waals surface area contributed by atoms with Gasteiger partial charge in [0.05, 0.1) is 6.10 Å². The van der Waals surface area contributed by atoms with Gasteiger partial charge in [-0.2, -0.15) is 0 Å². The van der Waals surface area contributed by atoms with Crippen molar-refractivity contribution in [2.45, 2.75) is 6.10 Å². The van der Waals surface area contributed by atoms with Crippen LogP contribution < -0.4 is 0 Å².